The normalized spacial score (nSPS) is 15.1. The van der Waals surface area contributed by atoms with Gasteiger partial charge in [-0.05, 0) is 61.4 Å². The highest BCUT2D eigenvalue weighted by atomic mass is 32.2. The molecule has 8 nitrogen and oxygen atoms in total. The van der Waals surface area contributed by atoms with Crippen molar-refractivity contribution in [2.45, 2.75) is 31.4 Å². The topological polar surface area (TPSA) is 94.2 Å². The summed E-state index contributed by atoms with van der Waals surface area (Å²) >= 11 is 0. The molecule has 1 aliphatic rings. The van der Waals surface area contributed by atoms with Crippen LogP contribution < -0.4 is 23.8 Å². The third-order valence-electron chi connectivity index (χ3n) is 5.80. The molecule has 0 aromatic heterocycles. The number of fused-ring (bicyclic) bond motifs is 1. The van der Waals surface area contributed by atoms with E-state index in [9.17, 15) is 13.2 Å². The average Bonchev–Trinajstić information content (AvgIpc) is 2.86. The van der Waals surface area contributed by atoms with Gasteiger partial charge >= 0.3 is 0 Å². The predicted octanol–water partition coefficient (Wildman–Crippen LogP) is 3.59. The fourth-order valence-electron chi connectivity index (χ4n) is 3.86. The Bertz CT molecular complexity index is 1340. The van der Waals surface area contributed by atoms with Crippen molar-refractivity contribution in [3.8, 4) is 17.2 Å². The SMILES string of the molecule is COc1ccc(CNC(=O)C2CN(S(=O)(=O)c3ccc(C)cc3)c3cc(C)ccc3O2)cc1OC. The van der Waals surface area contributed by atoms with Gasteiger partial charge in [0.25, 0.3) is 15.9 Å². The molecule has 0 bridgehead atoms. The van der Waals surface area contributed by atoms with E-state index in [1.54, 1.807) is 55.6 Å². The molecule has 1 amide bonds. The summed E-state index contributed by atoms with van der Waals surface area (Å²) in [5.74, 6) is 1.05. The van der Waals surface area contributed by atoms with Crippen LogP contribution in [0, 0.1) is 13.8 Å². The monoisotopic (exact) mass is 496 g/mol. The summed E-state index contributed by atoms with van der Waals surface area (Å²) in [6.45, 7) is 3.83. The maximum Gasteiger partial charge on any atom is 0.264 e. The molecule has 0 saturated heterocycles. The number of ether oxygens (including phenoxy) is 3. The quantitative estimate of drug-likeness (QED) is 0.537. The van der Waals surface area contributed by atoms with Crippen LogP contribution in [0.3, 0.4) is 0 Å². The molecular formula is C26H28N2O6S. The van der Waals surface area contributed by atoms with E-state index in [4.69, 9.17) is 14.2 Å². The number of carbonyl (C=O) groups is 1. The first-order chi connectivity index (χ1) is 16.7. The lowest BCUT2D eigenvalue weighted by Gasteiger charge is -2.35. The number of amides is 1. The standard InChI is InChI=1S/C26H28N2O6S/c1-17-5-9-20(10-6-17)35(30,31)28-16-25(34-22-11-7-18(2)13-21(22)28)26(29)27-15-19-8-12-23(32-3)24(14-19)33-4/h5-14,25H,15-16H2,1-4H3,(H,27,29). The van der Waals surface area contributed by atoms with Gasteiger partial charge in [-0.2, -0.15) is 0 Å². The highest BCUT2D eigenvalue weighted by Crippen LogP contribution is 2.38. The van der Waals surface area contributed by atoms with Gasteiger partial charge < -0.3 is 19.5 Å². The predicted molar refractivity (Wildman–Crippen MR) is 133 cm³/mol. The Labute approximate surface area is 205 Å². The van der Waals surface area contributed by atoms with Gasteiger partial charge in [0.1, 0.15) is 5.75 Å². The van der Waals surface area contributed by atoms with Crippen molar-refractivity contribution >= 4 is 21.6 Å². The number of nitrogens with one attached hydrogen (secondary N) is 1. The zero-order valence-electron chi connectivity index (χ0n) is 20.1. The molecule has 0 fully saturated rings. The molecule has 0 spiro atoms. The van der Waals surface area contributed by atoms with Crippen LogP contribution in [-0.4, -0.2) is 41.2 Å². The summed E-state index contributed by atoms with van der Waals surface area (Å²) in [5, 5.41) is 2.84. The van der Waals surface area contributed by atoms with Gasteiger partial charge in [0.2, 0.25) is 0 Å². The van der Waals surface area contributed by atoms with Crippen molar-refractivity contribution in [1.29, 1.82) is 0 Å². The van der Waals surface area contributed by atoms with Gasteiger partial charge in [0, 0.05) is 6.54 Å². The number of sulfonamides is 1. The van der Waals surface area contributed by atoms with Crippen LogP contribution in [0.25, 0.3) is 0 Å². The number of anilines is 1. The zero-order valence-corrected chi connectivity index (χ0v) is 20.9. The van der Waals surface area contributed by atoms with E-state index in [1.807, 2.05) is 26.0 Å². The molecule has 1 N–H and O–H groups in total. The number of hydrogen-bond acceptors (Lipinski definition) is 6. The summed E-state index contributed by atoms with van der Waals surface area (Å²) in [6.07, 6.45) is -1.02. The smallest absolute Gasteiger partial charge is 0.264 e. The molecule has 1 aliphatic heterocycles. The van der Waals surface area contributed by atoms with E-state index in [0.29, 0.717) is 22.9 Å². The van der Waals surface area contributed by atoms with Crippen LogP contribution >= 0.6 is 0 Å². The first-order valence-corrected chi connectivity index (χ1v) is 12.5. The van der Waals surface area contributed by atoms with Crippen molar-refractivity contribution in [1.82, 2.24) is 5.32 Å². The lowest BCUT2D eigenvalue weighted by Crippen LogP contribution is -2.50. The lowest BCUT2D eigenvalue weighted by molar-refractivity contribution is -0.127. The molecule has 3 aromatic rings. The summed E-state index contributed by atoms with van der Waals surface area (Å²) in [4.78, 5) is 13.2. The van der Waals surface area contributed by atoms with Crippen LogP contribution in [-0.2, 0) is 21.4 Å². The largest absolute Gasteiger partial charge is 0.493 e. The Balaban J connectivity index is 1.58. The highest BCUT2D eigenvalue weighted by Gasteiger charge is 2.37. The molecular weight excluding hydrogens is 468 g/mol. The number of rotatable bonds is 7. The van der Waals surface area contributed by atoms with Crippen LogP contribution in [0.1, 0.15) is 16.7 Å². The fourth-order valence-corrected chi connectivity index (χ4v) is 5.32. The van der Waals surface area contributed by atoms with Gasteiger partial charge in [0.15, 0.2) is 17.6 Å². The van der Waals surface area contributed by atoms with Crippen molar-refractivity contribution in [3.05, 3.63) is 77.4 Å². The number of methoxy groups -OCH3 is 2. The minimum absolute atomic E-state index is 0.148. The summed E-state index contributed by atoms with van der Waals surface area (Å²) in [6, 6.07) is 17.2. The van der Waals surface area contributed by atoms with E-state index < -0.39 is 22.0 Å². The first-order valence-electron chi connectivity index (χ1n) is 11.1. The maximum absolute atomic E-state index is 13.6. The van der Waals surface area contributed by atoms with Gasteiger partial charge in [-0.15, -0.1) is 0 Å². The summed E-state index contributed by atoms with van der Waals surface area (Å²) in [5.41, 5.74) is 3.05. The third-order valence-corrected chi connectivity index (χ3v) is 7.59. The lowest BCUT2D eigenvalue weighted by atomic mass is 10.1. The number of carbonyl (C=O) groups excluding carboxylic acids is 1. The van der Waals surface area contributed by atoms with Crippen LogP contribution in [0.4, 0.5) is 5.69 Å². The molecule has 1 heterocycles. The minimum Gasteiger partial charge on any atom is -0.493 e. The van der Waals surface area contributed by atoms with Crippen LogP contribution in [0.2, 0.25) is 0 Å². The van der Waals surface area contributed by atoms with Crippen molar-refractivity contribution in [3.63, 3.8) is 0 Å². The molecule has 4 rings (SSSR count). The molecule has 0 radical (unpaired) electrons. The zero-order chi connectivity index (χ0) is 25.2. The Hall–Kier alpha value is -3.72. The van der Waals surface area contributed by atoms with E-state index in [0.717, 1.165) is 16.7 Å². The molecule has 0 aliphatic carbocycles. The second-order valence-corrected chi connectivity index (χ2v) is 10.2. The Morgan fingerprint density at radius 3 is 2.34 bits per heavy atom. The molecule has 0 saturated carbocycles. The fraction of sp³-hybridized carbons (Fsp3) is 0.269. The maximum atomic E-state index is 13.6. The van der Waals surface area contributed by atoms with Crippen LogP contribution in [0.15, 0.2) is 65.6 Å². The van der Waals surface area contributed by atoms with Crippen molar-refractivity contribution in [2.75, 3.05) is 25.1 Å². The molecule has 184 valence electrons. The highest BCUT2D eigenvalue weighted by molar-refractivity contribution is 7.92. The number of nitrogens with zero attached hydrogens (tertiary/aromatic N) is 1. The third kappa shape index (κ3) is 5.05. The van der Waals surface area contributed by atoms with Gasteiger partial charge in [-0.1, -0.05) is 29.8 Å². The number of hydrogen-bond donors (Lipinski definition) is 1. The Morgan fingerprint density at radius 2 is 1.66 bits per heavy atom. The van der Waals surface area contributed by atoms with Crippen molar-refractivity contribution in [2.24, 2.45) is 0 Å². The summed E-state index contributed by atoms with van der Waals surface area (Å²) in [7, 11) is -0.825. The second kappa shape index (κ2) is 9.87. The molecule has 1 atom stereocenters. The van der Waals surface area contributed by atoms with Crippen molar-refractivity contribution < 1.29 is 27.4 Å². The first kappa shape index (κ1) is 24.4. The molecule has 1 unspecified atom stereocenters. The van der Waals surface area contributed by atoms with Crippen LogP contribution in [0.5, 0.6) is 17.2 Å². The van der Waals surface area contributed by atoms with Gasteiger partial charge in [0.05, 0.1) is 31.3 Å². The number of benzene rings is 3. The average molecular weight is 497 g/mol. The Morgan fingerprint density at radius 1 is 0.971 bits per heavy atom. The second-order valence-electron chi connectivity index (χ2n) is 8.33. The van der Waals surface area contributed by atoms with Gasteiger partial charge in [-0.3, -0.25) is 9.10 Å². The minimum atomic E-state index is -3.92. The molecule has 35 heavy (non-hydrogen) atoms. The number of aryl methyl sites for hydroxylation is 2. The van der Waals surface area contributed by atoms with E-state index in [1.165, 1.54) is 11.4 Å². The summed E-state index contributed by atoms with van der Waals surface area (Å²) < 4.78 is 44.9. The van der Waals surface area contributed by atoms with E-state index in [2.05, 4.69) is 5.32 Å². The van der Waals surface area contributed by atoms with E-state index in [-0.39, 0.29) is 18.0 Å². The van der Waals surface area contributed by atoms with E-state index >= 15 is 0 Å². The van der Waals surface area contributed by atoms with Gasteiger partial charge in [-0.25, -0.2) is 8.42 Å². The molecule has 9 heteroatoms. The Kier molecular flexibility index (Phi) is 6.88. The molecule has 3 aromatic carbocycles.